The molecule has 0 aliphatic heterocycles. The van der Waals surface area contributed by atoms with Gasteiger partial charge in [0, 0.05) is 15.1 Å². The van der Waals surface area contributed by atoms with Crippen LogP contribution in [0.4, 0.5) is 0 Å². The predicted molar refractivity (Wildman–Crippen MR) is 85.6 cm³/mol. The van der Waals surface area contributed by atoms with Gasteiger partial charge in [-0.25, -0.2) is 0 Å². The van der Waals surface area contributed by atoms with E-state index in [4.69, 9.17) is 0 Å². The molecule has 1 atom stereocenters. The zero-order chi connectivity index (χ0) is 13.5. The highest BCUT2D eigenvalue weighted by Crippen LogP contribution is 2.23. The van der Waals surface area contributed by atoms with E-state index in [1.54, 1.807) is 11.8 Å². The lowest BCUT2D eigenvalue weighted by Crippen LogP contribution is -2.10. The Morgan fingerprint density at radius 3 is 2.58 bits per heavy atom. The van der Waals surface area contributed by atoms with E-state index in [9.17, 15) is 5.11 Å². The predicted octanol–water partition coefficient (Wildman–Crippen LogP) is 4.53. The number of aliphatic hydroxyl groups is 1. The lowest BCUT2D eigenvalue weighted by atomic mass is 10.1. The third kappa shape index (κ3) is 5.39. The van der Waals surface area contributed by atoms with Crippen molar-refractivity contribution in [2.45, 2.75) is 23.8 Å². The second kappa shape index (κ2) is 7.73. The summed E-state index contributed by atoms with van der Waals surface area (Å²) in [6.07, 6.45) is 1.48. The quantitative estimate of drug-likeness (QED) is 0.781. The van der Waals surface area contributed by atoms with E-state index in [1.165, 1.54) is 10.5 Å². The van der Waals surface area contributed by atoms with Gasteiger partial charge >= 0.3 is 0 Å². The molecule has 0 aliphatic rings. The minimum absolute atomic E-state index is 0.260. The summed E-state index contributed by atoms with van der Waals surface area (Å²) in [7, 11) is 0. The first-order chi connectivity index (χ1) is 9.24. The van der Waals surface area contributed by atoms with E-state index in [0.29, 0.717) is 0 Å². The maximum absolute atomic E-state index is 10.0. The van der Waals surface area contributed by atoms with Crippen molar-refractivity contribution >= 4 is 27.7 Å². The average molecular weight is 337 g/mol. The SMILES string of the molecule is OC(CCc1ccccc1)CSc1cccc(Br)c1. The Morgan fingerprint density at radius 2 is 1.84 bits per heavy atom. The number of rotatable bonds is 6. The van der Waals surface area contributed by atoms with Crippen molar-refractivity contribution in [3.8, 4) is 0 Å². The summed E-state index contributed by atoms with van der Waals surface area (Å²) in [5.41, 5.74) is 1.29. The van der Waals surface area contributed by atoms with E-state index in [0.717, 1.165) is 23.1 Å². The highest BCUT2D eigenvalue weighted by Gasteiger charge is 2.06. The van der Waals surface area contributed by atoms with Gasteiger partial charge in [0.1, 0.15) is 0 Å². The Balaban J connectivity index is 1.74. The number of hydrogen-bond acceptors (Lipinski definition) is 2. The van der Waals surface area contributed by atoms with Crippen LogP contribution in [-0.4, -0.2) is 17.0 Å². The van der Waals surface area contributed by atoms with Crippen molar-refractivity contribution in [2.75, 3.05) is 5.75 Å². The summed E-state index contributed by atoms with van der Waals surface area (Å²) >= 11 is 5.15. The smallest absolute Gasteiger partial charge is 0.0637 e. The first kappa shape index (κ1) is 14.6. The molecule has 1 nitrogen and oxygen atoms in total. The minimum Gasteiger partial charge on any atom is -0.392 e. The van der Waals surface area contributed by atoms with Gasteiger partial charge in [0.25, 0.3) is 0 Å². The fourth-order valence-electron chi connectivity index (χ4n) is 1.81. The molecule has 0 fully saturated rings. The second-order valence-electron chi connectivity index (χ2n) is 4.45. The summed E-state index contributed by atoms with van der Waals surface area (Å²) in [6.45, 7) is 0. The van der Waals surface area contributed by atoms with Crippen molar-refractivity contribution in [3.63, 3.8) is 0 Å². The maximum atomic E-state index is 10.0. The highest BCUT2D eigenvalue weighted by molar-refractivity contribution is 9.10. The lowest BCUT2D eigenvalue weighted by Gasteiger charge is -2.10. The van der Waals surface area contributed by atoms with E-state index in [2.05, 4.69) is 40.2 Å². The van der Waals surface area contributed by atoms with Crippen LogP contribution in [-0.2, 0) is 6.42 Å². The number of thioether (sulfide) groups is 1. The van der Waals surface area contributed by atoms with Crippen LogP contribution in [0.15, 0.2) is 64.0 Å². The van der Waals surface area contributed by atoms with Crippen LogP contribution in [0.25, 0.3) is 0 Å². The van der Waals surface area contributed by atoms with Crippen LogP contribution in [0.2, 0.25) is 0 Å². The van der Waals surface area contributed by atoms with Gasteiger partial charge in [-0.2, -0.15) is 0 Å². The van der Waals surface area contributed by atoms with E-state index >= 15 is 0 Å². The monoisotopic (exact) mass is 336 g/mol. The Kier molecular flexibility index (Phi) is 5.95. The molecule has 1 N–H and O–H groups in total. The van der Waals surface area contributed by atoms with Crippen LogP contribution in [0.3, 0.4) is 0 Å². The topological polar surface area (TPSA) is 20.2 Å². The third-order valence-electron chi connectivity index (χ3n) is 2.85. The fraction of sp³-hybridized carbons (Fsp3) is 0.250. The van der Waals surface area contributed by atoms with Crippen LogP contribution in [0, 0.1) is 0 Å². The summed E-state index contributed by atoms with van der Waals surface area (Å²) in [4.78, 5) is 1.19. The van der Waals surface area contributed by atoms with Crippen LogP contribution < -0.4 is 0 Å². The molecule has 0 saturated heterocycles. The Labute approximate surface area is 127 Å². The van der Waals surface area contributed by atoms with Crippen LogP contribution in [0.1, 0.15) is 12.0 Å². The van der Waals surface area contributed by atoms with Crippen molar-refractivity contribution in [3.05, 3.63) is 64.6 Å². The Bertz CT molecular complexity index is 501. The van der Waals surface area contributed by atoms with Crippen LogP contribution >= 0.6 is 27.7 Å². The van der Waals surface area contributed by atoms with E-state index in [1.807, 2.05) is 30.3 Å². The summed E-state index contributed by atoms with van der Waals surface area (Å²) in [5, 5.41) is 10.0. The molecular formula is C16H17BrOS. The van der Waals surface area contributed by atoms with Crippen molar-refractivity contribution in [1.29, 1.82) is 0 Å². The minimum atomic E-state index is -0.260. The number of aryl methyl sites for hydroxylation is 1. The zero-order valence-corrected chi connectivity index (χ0v) is 13.0. The third-order valence-corrected chi connectivity index (χ3v) is 4.48. The molecule has 0 spiro atoms. The first-order valence-electron chi connectivity index (χ1n) is 6.34. The molecule has 0 amide bonds. The molecule has 100 valence electrons. The van der Waals surface area contributed by atoms with Gasteiger partial charge < -0.3 is 5.11 Å². The normalized spacial score (nSPS) is 12.3. The number of benzene rings is 2. The largest absolute Gasteiger partial charge is 0.392 e. The molecule has 0 bridgehead atoms. The molecule has 0 aromatic heterocycles. The number of hydrogen-bond donors (Lipinski definition) is 1. The van der Waals surface area contributed by atoms with Gasteiger partial charge in [0.2, 0.25) is 0 Å². The van der Waals surface area contributed by atoms with Gasteiger partial charge in [0.05, 0.1) is 6.10 Å². The highest BCUT2D eigenvalue weighted by atomic mass is 79.9. The van der Waals surface area contributed by atoms with Gasteiger partial charge in [0.15, 0.2) is 0 Å². The fourth-order valence-corrected chi connectivity index (χ4v) is 3.30. The van der Waals surface area contributed by atoms with E-state index in [-0.39, 0.29) is 6.10 Å². The lowest BCUT2D eigenvalue weighted by molar-refractivity contribution is 0.189. The number of halogens is 1. The molecule has 1 unspecified atom stereocenters. The number of aliphatic hydroxyl groups excluding tert-OH is 1. The average Bonchev–Trinajstić information content (AvgIpc) is 2.44. The molecule has 0 radical (unpaired) electrons. The van der Waals surface area contributed by atoms with Gasteiger partial charge in [-0.1, -0.05) is 52.3 Å². The van der Waals surface area contributed by atoms with Crippen LogP contribution in [0.5, 0.6) is 0 Å². The van der Waals surface area contributed by atoms with E-state index < -0.39 is 0 Å². The molecule has 3 heteroatoms. The molecule has 2 aromatic rings. The molecule has 0 aliphatic carbocycles. The van der Waals surface area contributed by atoms with Crippen molar-refractivity contribution < 1.29 is 5.11 Å². The molecule has 19 heavy (non-hydrogen) atoms. The zero-order valence-electron chi connectivity index (χ0n) is 10.6. The Hall–Kier alpha value is -0.770. The standard InChI is InChI=1S/C16H17BrOS/c17-14-7-4-8-16(11-14)19-12-15(18)10-9-13-5-2-1-3-6-13/h1-8,11,15,18H,9-10,12H2. The summed E-state index contributed by atoms with van der Waals surface area (Å²) in [6, 6.07) is 18.5. The molecule has 0 heterocycles. The van der Waals surface area contributed by atoms with Gasteiger partial charge in [-0.15, -0.1) is 11.8 Å². The summed E-state index contributed by atoms with van der Waals surface area (Å²) in [5.74, 6) is 0.739. The van der Waals surface area contributed by atoms with Crippen molar-refractivity contribution in [1.82, 2.24) is 0 Å². The van der Waals surface area contributed by atoms with Crippen molar-refractivity contribution in [2.24, 2.45) is 0 Å². The Morgan fingerprint density at radius 1 is 1.05 bits per heavy atom. The maximum Gasteiger partial charge on any atom is 0.0637 e. The molecular weight excluding hydrogens is 320 g/mol. The first-order valence-corrected chi connectivity index (χ1v) is 8.12. The summed E-state index contributed by atoms with van der Waals surface area (Å²) < 4.78 is 1.08. The van der Waals surface area contributed by atoms with Gasteiger partial charge in [-0.3, -0.25) is 0 Å². The molecule has 0 saturated carbocycles. The van der Waals surface area contributed by atoms with Gasteiger partial charge in [-0.05, 0) is 36.6 Å². The molecule has 2 rings (SSSR count). The molecule has 2 aromatic carbocycles. The second-order valence-corrected chi connectivity index (χ2v) is 6.46.